The molecule has 0 aliphatic heterocycles. The van der Waals surface area contributed by atoms with E-state index in [0.717, 1.165) is 5.56 Å². The van der Waals surface area contributed by atoms with E-state index in [0.29, 0.717) is 13.1 Å². The first-order valence-corrected chi connectivity index (χ1v) is 7.84. The second-order valence-corrected chi connectivity index (χ2v) is 6.35. The Labute approximate surface area is 114 Å². The summed E-state index contributed by atoms with van der Waals surface area (Å²) in [5, 5.41) is 0. The first kappa shape index (κ1) is 16.3. The van der Waals surface area contributed by atoms with E-state index in [1.165, 1.54) is 26.4 Å². The smallest absolute Gasteiger partial charge is 0.311 e. The van der Waals surface area contributed by atoms with Gasteiger partial charge in [0.15, 0.2) is 0 Å². The fourth-order valence-corrected chi connectivity index (χ4v) is 3.88. The third-order valence-corrected chi connectivity index (χ3v) is 5.38. The van der Waals surface area contributed by atoms with Gasteiger partial charge in [0.05, 0.1) is 0 Å². The third-order valence-electron chi connectivity index (χ3n) is 3.13. The molecule has 0 saturated heterocycles. The zero-order valence-corrected chi connectivity index (χ0v) is 12.7. The lowest BCUT2D eigenvalue weighted by Crippen LogP contribution is -2.29. The topological polar surface area (TPSA) is 38.8 Å². The Morgan fingerprint density at radius 1 is 1.16 bits per heavy atom. The molecule has 19 heavy (non-hydrogen) atoms. The molecular weight excluding hydrogens is 268 g/mol. The van der Waals surface area contributed by atoms with E-state index in [1.54, 1.807) is 12.1 Å². The van der Waals surface area contributed by atoms with Gasteiger partial charge in [0.2, 0.25) is 0 Å². The molecule has 4 nitrogen and oxygen atoms in total. The molecule has 0 spiro atoms. The van der Waals surface area contributed by atoms with Crippen molar-refractivity contribution in [1.82, 2.24) is 4.90 Å². The monoisotopic (exact) mass is 289 g/mol. The summed E-state index contributed by atoms with van der Waals surface area (Å²) in [5.41, 5.74) is 0.720. The summed E-state index contributed by atoms with van der Waals surface area (Å²) in [4.78, 5) is 1.97. The van der Waals surface area contributed by atoms with Crippen molar-refractivity contribution in [3.63, 3.8) is 0 Å². The minimum absolute atomic E-state index is 0.327. The van der Waals surface area contributed by atoms with Gasteiger partial charge in [-0.25, -0.2) is 4.39 Å². The van der Waals surface area contributed by atoms with Crippen LogP contribution in [0.25, 0.3) is 0 Å². The minimum Gasteiger partial charge on any atom is -0.311 e. The lowest BCUT2D eigenvalue weighted by Gasteiger charge is -2.33. The van der Waals surface area contributed by atoms with Crippen LogP contribution in [0.5, 0.6) is 0 Å². The molecule has 1 atom stereocenters. The first-order valence-electron chi connectivity index (χ1n) is 6.23. The van der Waals surface area contributed by atoms with Crippen LogP contribution in [0.15, 0.2) is 24.3 Å². The molecule has 0 bridgehead atoms. The Hall–Kier alpha value is -0.740. The highest BCUT2D eigenvalue weighted by Gasteiger charge is 2.38. The van der Waals surface area contributed by atoms with Gasteiger partial charge >= 0.3 is 7.60 Å². The highest BCUT2D eigenvalue weighted by molar-refractivity contribution is 7.54. The summed E-state index contributed by atoms with van der Waals surface area (Å²) < 4.78 is 36.0. The second-order valence-electron chi connectivity index (χ2n) is 4.05. The van der Waals surface area contributed by atoms with Gasteiger partial charge in [0.1, 0.15) is 11.6 Å². The third kappa shape index (κ3) is 3.63. The Morgan fingerprint density at radius 2 is 1.63 bits per heavy atom. The van der Waals surface area contributed by atoms with Crippen molar-refractivity contribution in [1.29, 1.82) is 0 Å². The molecule has 0 heterocycles. The molecular formula is C13H21FNO3P. The molecule has 0 fully saturated rings. The number of rotatable bonds is 7. The quantitative estimate of drug-likeness (QED) is 0.718. The summed E-state index contributed by atoms with van der Waals surface area (Å²) in [5.74, 6) is -0.857. The van der Waals surface area contributed by atoms with Crippen molar-refractivity contribution < 1.29 is 18.0 Å². The van der Waals surface area contributed by atoms with Gasteiger partial charge in [-0.3, -0.25) is 9.46 Å². The van der Waals surface area contributed by atoms with Crippen molar-refractivity contribution in [3.05, 3.63) is 35.6 Å². The van der Waals surface area contributed by atoms with Crippen LogP contribution in [0, 0.1) is 5.82 Å². The molecule has 0 N–H and O–H groups in total. The summed E-state index contributed by atoms with van der Waals surface area (Å²) >= 11 is 0. The van der Waals surface area contributed by atoms with Crippen LogP contribution in [-0.2, 0) is 13.6 Å². The van der Waals surface area contributed by atoms with Crippen LogP contribution in [0.3, 0.4) is 0 Å². The largest absolute Gasteiger partial charge is 0.351 e. The fraction of sp³-hybridized carbons (Fsp3) is 0.538. The van der Waals surface area contributed by atoms with Gasteiger partial charge in [-0.05, 0) is 30.8 Å². The fourth-order valence-electron chi connectivity index (χ4n) is 2.07. The van der Waals surface area contributed by atoms with Gasteiger partial charge in [-0.2, -0.15) is 0 Å². The number of hydrogen-bond donors (Lipinski definition) is 0. The number of halogens is 1. The van der Waals surface area contributed by atoms with E-state index in [-0.39, 0.29) is 5.82 Å². The summed E-state index contributed by atoms with van der Waals surface area (Å²) in [7, 11) is -0.583. The Balaban J connectivity index is 3.26. The molecule has 108 valence electrons. The van der Waals surface area contributed by atoms with Gasteiger partial charge in [0, 0.05) is 14.2 Å². The molecule has 1 rings (SSSR count). The van der Waals surface area contributed by atoms with Crippen LogP contribution in [0.1, 0.15) is 25.2 Å². The van der Waals surface area contributed by atoms with Gasteiger partial charge in [-0.1, -0.05) is 26.0 Å². The van der Waals surface area contributed by atoms with Gasteiger partial charge in [-0.15, -0.1) is 0 Å². The molecule has 0 aliphatic rings. The van der Waals surface area contributed by atoms with Crippen molar-refractivity contribution in [3.8, 4) is 0 Å². The standard InChI is InChI=1S/C13H21FNO3P/c1-5-15(6-2)13(19(16,17-3)18-4)11-7-9-12(14)10-8-11/h7-10,13H,5-6H2,1-4H3. The predicted octanol–water partition coefficient (Wildman–Crippen LogP) is 3.65. The summed E-state index contributed by atoms with van der Waals surface area (Å²) in [6.45, 7) is 5.32. The van der Waals surface area contributed by atoms with E-state index < -0.39 is 13.4 Å². The molecule has 0 radical (unpaired) electrons. The molecule has 6 heteroatoms. The molecule has 0 saturated carbocycles. The maximum absolute atomic E-state index is 13.0. The number of hydrogen-bond acceptors (Lipinski definition) is 4. The maximum Gasteiger partial charge on any atom is 0.351 e. The van der Waals surface area contributed by atoms with Crippen LogP contribution in [0.4, 0.5) is 4.39 Å². The minimum atomic E-state index is -3.31. The van der Waals surface area contributed by atoms with E-state index in [2.05, 4.69) is 0 Å². The molecule has 0 aromatic heterocycles. The van der Waals surface area contributed by atoms with Crippen molar-refractivity contribution >= 4 is 7.60 Å². The molecule has 1 aromatic rings. The zero-order valence-electron chi connectivity index (χ0n) is 11.8. The Bertz CT molecular complexity index is 426. The number of benzene rings is 1. The lowest BCUT2D eigenvalue weighted by atomic mass is 10.2. The molecule has 0 amide bonds. The normalized spacial score (nSPS) is 13.8. The molecule has 1 unspecified atom stereocenters. The lowest BCUT2D eigenvalue weighted by molar-refractivity contribution is 0.199. The van der Waals surface area contributed by atoms with Crippen molar-refractivity contribution in [2.75, 3.05) is 27.3 Å². The van der Waals surface area contributed by atoms with Gasteiger partial charge in [0.25, 0.3) is 0 Å². The van der Waals surface area contributed by atoms with E-state index >= 15 is 0 Å². The summed E-state index contributed by atoms with van der Waals surface area (Å²) in [6, 6.07) is 5.93. The van der Waals surface area contributed by atoms with E-state index in [4.69, 9.17) is 9.05 Å². The van der Waals surface area contributed by atoms with Crippen LogP contribution in [0.2, 0.25) is 0 Å². The Kier molecular flexibility index (Phi) is 6.14. The SMILES string of the molecule is CCN(CC)C(c1ccc(F)cc1)P(=O)(OC)OC. The van der Waals surface area contributed by atoms with Crippen LogP contribution < -0.4 is 0 Å². The van der Waals surface area contributed by atoms with E-state index in [1.807, 2.05) is 18.7 Å². The average molecular weight is 289 g/mol. The predicted molar refractivity (Wildman–Crippen MR) is 73.7 cm³/mol. The molecule has 1 aromatic carbocycles. The van der Waals surface area contributed by atoms with Crippen molar-refractivity contribution in [2.45, 2.75) is 19.6 Å². The maximum atomic E-state index is 13.0. The average Bonchev–Trinajstić information content (AvgIpc) is 2.45. The number of nitrogens with zero attached hydrogens (tertiary/aromatic N) is 1. The van der Waals surface area contributed by atoms with Gasteiger partial charge < -0.3 is 9.05 Å². The summed E-state index contributed by atoms with van der Waals surface area (Å²) in [6.07, 6.45) is 0. The first-order chi connectivity index (χ1) is 9.02. The Morgan fingerprint density at radius 3 is 2.00 bits per heavy atom. The van der Waals surface area contributed by atoms with Crippen LogP contribution >= 0.6 is 7.60 Å². The zero-order chi connectivity index (χ0) is 14.5. The van der Waals surface area contributed by atoms with Crippen molar-refractivity contribution in [2.24, 2.45) is 0 Å². The van der Waals surface area contributed by atoms with Crippen LogP contribution in [-0.4, -0.2) is 32.2 Å². The highest BCUT2D eigenvalue weighted by atomic mass is 31.2. The second kappa shape index (κ2) is 7.15. The molecule has 0 aliphatic carbocycles. The van der Waals surface area contributed by atoms with E-state index in [9.17, 15) is 8.96 Å². The highest BCUT2D eigenvalue weighted by Crippen LogP contribution is 2.61.